The van der Waals surface area contributed by atoms with Crippen LogP contribution in [0.25, 0.3) is 0 Å². The van der Waals surface area contributed by atoms with Crippen LogP contribution in [0.4, 0.5) is 5.69 Å². The van der Waals surface area contributed by atoms with Crippen molar-refractivity contribution >= 4 is 33.0 Å². The van der Waals surface area contributed by atoms with Crippen molar-refractivity contribution in [1.82, 2.24) is 4.98 Å². The van der Waals surface area contributed by atoms with E-state index in [1.165, 1.54) is 0 Å². The topological polar surface area (TPSA) is 36.4 Å². The zero-order valence-corrected chi connectivity index (χ0v) is 13.6. The number of rotatable bonds is 4. The summed E-state index contributed by atoms with van der Waals surface area (Å²) >= 11 is 5.23. The number of aromatic nitrogens is 1. The van der Waals surface area contributed by atoms with Crippen LogP contribution < -0.4 is 4.90 Å². The van der Waals surface area contributed by atoms with Crippen molar-refractivity contribution in [3.63, 3.8) is 0 Å². The maximum absolute atomic E-state index is 9.57. The molecule has 5 heteroatoms. The summed E-state index contributed by atoms with van der Waals surface area (Å²) < 4.78 is 0.986. The first-order valence-electron chi connectivity index (χ1n) is 6.07. The van der Waals surface area contributed by atoms with Gasteiger partial charge in [0.25, 0.3) is 0 Å². The number of aryl methyl sites for hydroxylation is 1. The molecule has 1 N–H and O–H groups in total. The Labute approximate surface area is 126 Å². The summed E-state index contributed by atoms with van der Waals surface area (Å²) in [5.74, 6) is 0. The van der Waals surface area contributed by atoms with Gasteiger partial charge in [-0.2, -0.15) is 0 Å². The number of aliphatic hydroxyl groups excluding tert-OH is 1. The summed E-state index contributed by atoms with van der Waals surface area (Å²) in [6.07, 6.45) is -0.447. The van der Waals surface area contributed by atoms with E-state index in [2.05, 4.69) is 31.2 Å². The van der Waals surface area contributed by atoms with E-state index in [-0.39, 0.29) is 0 Å². The van der Waals surface area contributed by atoms with Crippen molar-refractivity contribution in [1.29, 1.82) is 0 Å². The van der Waals surface area contributed by atoms with Gasteiger partial charge in [-0.05, 0) is 47.5 Å². The highest BCUT2D eigenvalue weighted by molar-refractivity contribution is 9.10. The number of aliphatic hydroxyl groups is 1. The average molecular weight is 341 g/mol. The number of thiazole rings is 1. The lowest BCUT2D eigenvalue weighted by molar-refractivity contribution is 0.199. The lowest BCUT2D eigenvalue weighted by atomic mass is 10.1. The Balaban J connectivity index is 2.17. The number of hydrogen-bond donors (Lipinski definition) is 1. The van der Waals surface area contributed by atoms with E-state index >= 15 is 0 Å². The van der Waals surface area contributed by atoms with Gasteiger partial charge in [0.1, 0.15) is 0 Å². The second-order valence-corrected chi connectivity index (χ2v) is 6.52. The standard InChI is InChI=1S/C14H17BrN2OS/c1-9(18)11-4-5-14(13(15)6-11)17(3)7-12-8-19-10(2)16-12/h4-6,8-9,18H,7H2,1-3H3. The van der Waals surface area contributed by atoms with Gasteiger partial charge >= 0.3 is 0 Å². The van der Waals surface area contributed by atoms with Crippen molar-refractivity contribution in [2.24, 2.45) is 0 Å². The molecule has 19 heavy (non-hydrogen) atoms. The van der Waals surface area contributed by atoms with Crippen LogP contribution >= 0.6 is 27.3 Å². The smallest absolute Gasteiger partial charge is 0.0898 e. The minimum absolute atomic E-state index is 0.447. The third-order valence-electron chi connectivity index (χ3n) is 2.93. The first kappa shape index (κ1) is 14.5. The fourth-order valence-corrected chi connectivity index (χ4v) is 3.20. The van der Waals surface area contributed by atoms with Crippen LogP contribution in [0.1, 0.15) is 29.3 Å². The first-order valence-corrected chi connectivity index (χ1v) is 7.74. The third-order valence-corrected chi connectivity index (χ3v) is 4.39. The highest BCUT2D eigenvalue weighted by Gasteiger charge is 2.10. The van der Waals surface area contributed by atoms with Crippen molar-refractivity contribution in [3.05, 3.63) is 44.3 Å². The van der Waals surface area contributed by atoms with Crippen LogP contribution in [-0.4, -0.2) is 17.1 Å². The van der Waals surface area contributed by atoms with Gasteiger partial charge in [-0.15, -0.1) is 11.3 Å². The lowest BCUT2D eigenvalue weighted by Gasteiger charge is -2.20. The van der Waals surface area contributed by atoms with E-state index in [0.29, 0.717) is 0 Å². The third kappa shape index (κ3) is 3.55. The van der Waals surface area contributed by atoms with Gasteiger partial charge < -0.3 is 10.0 Å². The highest BCUT2D eigenvalue weighted by atomic mass is 79.9. The van der Waals surface area contributed by atoms with E-state index in [0.717, 1.165) is 33.0 Å². The summed E-state index contributed by atoms with van der Waals surface area (Å²) in [4.78, 5) is 6.62. The van der Waals surface area contributed by atoms with E-state index in [9.17, 15) is 5.11 Å². The SMILES string of the molecule is Cc1nc(CN(C)c2ccc(C(C)O)cc2Br)cs1. The molecule has 0 saturated heterocycles. The number of benzene rings is 1. The van der Waals surface area contributed by atoms with Gasteiger partial charge in [0, 0.05) is 16.9 Å². The monoisotopic (exact) mass is 340 g/mol. The zero-order chi connectivity index (χ0) is 14.0. The van der Waals surface area contributed by atoms with Gasteiger partial charge in [-0.1, -0.05) is 6.07 Å². The van der Waals surface area contributed by atoms with Crippen molar-refractivity contribution in [2.45, 2.75) is 26.5 Å². The largest absolute Gasteiger partial charge is 0.389 e. The van der Waals surface area contributed by atoms with Crippen molar-refractivity contribution < 1.29 is 5.11 Å². The predicted molar refractivity (Wildman–Crippen MR) is 83.7 cm³/mol. The maximum atomic E-state index is 9.57. The Morgan fingerprint density at radius 3 is 2.74 bits per heavy atom. The van der Waals surface area contributed by atoms with Crippen LogP contribution in [0, 0.1) is 6.92 Å². The Hall–Kier alpha value is -0.910. The van der Waals surface area contributed by atoms with Gasteiger partial charge in [0.15, 0.2) is 0 Å². The fourth-order valence-electron chi connectivity index (χ4n) is 1.90. The second-order valence-electron chi connectivity index (χ2n) is 4.60. The second kappa shape index (κ2) is 6.03. The molecule has 0 amide bonds. The lowest BCUT2D eigenvalue weighted by Crippen LogP contribution is -2.17. The van der Waals surface area contributed by atoms with Gasteiger partial charge in [0.05, 0.1) is 29.0 Å². The van der Waals surface area contributed by atoms with E-state index in [4.69, 9.17) is 0 Å². The van der Waals surface area contributed by atoms with Crippen molar-refractivity contribution in [2.75, 3.05) is 11.9 Å². The summed E-state index contributed by atoms with van der Waals surface area (Å²) in [6.45, 7) is 4.56. The molecule has 2 aromatic rings. The number of hydrogen-bond acceptors (Lipinski definition) is 4. The summed E-state index contributed by atoms with van der Waals surface area (Å²) in [5, 5.41) is 12.7. The summed E-state index contributed by atoms with van der Waals surface area (Å²) in [5.41, 5.74) is 3.08. The molecule has 0 fully saturated rings. The predicted octanol–water partition coefficient (Wildman–Crippen LogP) is 3.90. The Kier molecular flexibility index (Phi) is 4.60. The molecule has 1 unspecified atom stereocenters. The summed E-state index contributed by atoms with van der Waals surface area (Å²) in [6, 6.07) is 5.93. The van der Waals surface area contributed by atoms with Gasteiger partial charge in [-0.25, -0.2) is 4.98 Å². The quantitative estimate of drug-likeness (QED) is 0.916. The molecule has 102 valence electrons. The molecule has 0 bridgehead atoms. The van der Waals surface area contributed by atoms with Crippen LogP contribution in [0.5, 0.6) is 0 Å². The number of nitrogens with zero attached hydrogens (tertiary/aromatic N) is 2. The first-order chi connectivity index (χ1) is 8.97. The molecule has 0 spiro atoms. The highest BCUT2D eigenvalue weighted by Crippen LogP contribution is 2.29. The molecule has 0 saturated carbocycles. The molecule has 2 rings (SSSR count). The molecule has 1 aromatic carbocycles. The molecule has 0 radical (unpaired) electrons. The Morgan fingerprint density at radius 2 is 2.21 bits per heavy atom. The van der Waals surface area contributed by atoms with E-state index < -0.39 is 6.10 Å². The van der Waals surface area contributed by atoms with Crippen LogP contribution in [0.3, 0.4) is 0 Å². The van der Waals surface area contributed by atoms with Gasteiger partial charge in [0.2, 0.25) is 0 Å². The van der Waals surface area contributed by atoms with E-state index in [1.54, 1.807) is 18.3 Å². The molecular formula is C14H17BrN2OS. The molecule has 1 atom stereocenters. The van der Waals surface area contributed by atoms with E-state index in [1.807, 2.05) is 32.2 Å². The van der Waals surface area contributed by atoms with Crippen molar-refractivity contribution in [3.8, 4) is 0 Å². The Morgan fingerprint density at radius 1 is 1.47 bits per heavy atom. The number of anilines is 1. The Bertz CT molecular complexity index is 568. The number of halogens is 1. The minimum atomic E-state index is -0.447. The molecule has 1 aromatic heterocycles. The van der Waals surface area contributed by atoms with Crippen LogP contribution in [-0.2, 0) is 6.54 Å². The van der Waals surface area contributed by atoms with Crippen LogP contribution in [0.15, 0.2) is 28.1 Å². The normalized spacial score (nSPS) is 12.5. The molecule has 0 aliphatic rings. The molecule has 0 aliphatic heterocycles. The summed E-state index contributed by atoms with van der Waals surface area (Å²) in [7, 11) is 2.04. The average Bonchev–Trinajstić information content (AvgIpc) is 2.74. The minimum Gasteiger partial charge on any atom is -0.389 e. The molecule has 1 heterocycles. The fraction of sp³-hybridized carbons (Fsp3) is 0.357. The zero-order valence-electron chi connectivity index (χ0n) is 11.2. The molecule has 3 nitrogen and oxygen atoms in total. The maximum Gasteiger partial charge on any atom is 0.0898 e. The molecule has 0 aliphatic carbocycles. The van der Waals surface area contributed by atoms with Crippen LogP contribution in [0.2, 0.25) is 0 Å². The van der Waals surface area contributed by atoms with Gasteiger partial charge in [-0.3, -0.25) is 0 Å². The molecular weight excluding hydrogens is 324 g/mol.